The van der Waals surface area contributed by atoms with Gasteiger partial charge < -0.3 is 20.4 Å². The number of fused-ring (bicyclic) bond motifs is 2. The number of imidazole rings is 1. The normalized spacial score (nSPS) is 21.4. The van der Waals surface area contributed by atoms with E-state index in [1.54, 1.807) is 29.2 Å². The summed E-state index contributed by atoms with van der Waals surface area (Å²) in [6.45, 7) is 5.83. The fourth-order valence-electron chi connectivity index (χ4n) is 9.68. The number of H-pyrrole nitrogens is 2. The smallest absolute Gasteiger partial charge is 0.402 e. The maximum atomic E-state index is 16.2. The second-order valence-corrected chi connectivity index (χ2v) is 18.5. The van der Waals surface area contributed by atoms with E-state index in [-0.39, 0.29) is 35.2 Å². The van der Waals surface area contributed by atoms with E-state index in [0.717, 1.165) is 69.1 Å². The zero-order valence-electron chi connectivity index (χ0n) is 36.7. The molecule has 15 nitrogen and oxygen atoms in total. The molecule has 5 aliphatic rings. The highest BCUT2D eigenvalue weighted by Crippen LogP contribution is 2.45. The molecule has 1 saturated heterocycles. The van der Waals surface area contributed by atoms with Crippen LogP contribution >= 0.6 is 0 Å². The third-order valence-electron chi connectivity index (χ3n) is 13.9. The second kappa shape index (κ2) is 16.5. The number of aromatic amines is 2. The number of benzene rings is 3. The van der Waals surface area contributed by atoms with Crippen molar-refractivity contribution in [3.05, 3.63) is 140 Å². The maximum absolute atomic E-state index is 16.2. The maximum Gasteiger partial charge on any atom is 0.438 e. The molecule has 3 atom stereocenters. The Morgan fingerprint density at radius 2 is 1.73 bits per heavy atom. The van der Waals surface area contributed by atoms with Crippen molar-refractivity contribution in [3.63, 3.8) is 0 Å². The van der Waals surface area contributed by atoms with Crippen LogP contribution in [-0.2, 0) is 4.74 Å². The van der Waals surface area contributed by atoms with Crippen LogP contribution in [0.25, 0.3) is 27.5 Å². The Bertz CT molecular complexity index is 3210. The van der Waals surface area contributed by atoms with E-state index >= 15 is 4.39 Å². The lowest BCUT2D eigenvalue weighted by atomic mass is 9.91. The molecular weight excluding hydrogens is 847 g/mol. The van der Waals surface area contributed by atoms with Crippen molar-refractivity contribution in [1.82, 2.24) is 38.9 Å². The van der Waals surface area contributed by atoms with Crippen molar-refractivity contribution in [3.8, 4) is 5.69 Å². The van der Waals surface area contributed by atoms with Gasteiger partial charge in [-0.1, -0.05) is 18.1 Å². The molecule has 17 heteroatoms. The second-order valence-electron chi connectivity index (χ2n) is 18.5. The molecule has 7 aromatic rings. The molecule has 0 radical (unpaired) electrons. The molecule has 2 aliphatic heterocycles. The van der Waals surface area contributed by atoms with Gasteiger partial charge in [-0.15, -0.1) is 0 Å². The predicted octanol–water partition coefficient (Wildman–Crippen LogP) is 8.07. The Kier molecular flexibility index (Phi) is 10.5. The van der Waals surface area contributed by atoms with Crippen LogP contribution in [0.5, 0.6) is 0 Å². The van der Waals surface area contributed by atoms with E-state index in [4.69, 9.17) is 15.5 Å². The molecule has 340 valence electrons. The van der Waals surface area contributed by atoms with E-state index in [0.29, 0.717) is 75.7 Å². The number of hydrogen-bond acceptors (Lipinski definition) is 9. The molecule has 4 fully saturated rings. The van der Waals surface area contributed by atoms with Gasteiger partial charge in [-0.05, 0) is 129 Å². The van der Waals surface area contributed by atoms with Crippen LogP contribution in [0.4, 0.5) is 14.5 Å². The third kappa shape index (κ3) is 7.77. The van der Waals surface area contributed by atoms with Crippen molar-refractivity contribution in [2.45, 2.75) is 95.1 Å². The predicted molar refractivity (Wildman–Crippen MR) is 243 cm³/mol. The first-order chi connectivity index (χ1) is 32.0. The van der Waals surface area contributed by atoms with Crippen LogP contribution in [0.1, 0.15) is 116 Å². The molecule has 3 saturated carbocycles. The van der Waals surface area contributed by atoms with E-state index in [9.17, 15) is 18.8 Å². The zero-order valence-corrected chi connectivity index (χ0v) is 36.7. The first kappa shape index (κ1) is 41.8. The van der Waals surface area contributed by atoms with Gasteiger partial charge in [-0.2, -0.15) is 5.10 Å². The van der Waals surface area contributed by atoms with Gasteiger partial charge in [0.2, 0.25) is 0 Å². The quantitative estimate of drug-likeness (QED) is 0.101. The van der Waals surface area contributed by atoms with Crippen molar-refractivity contribution in [2.75, 3.05) is 19.8 Å². The van der Waals surface area contributed by atoms with E-state index < -0.39 is 23.3 Å². The summed E-state index contributed by atoms with van der Waals surface area (Å²) < 4.78 is 45.4. The summed E-state index contributed by atoms with van der Waals surface area (Å²) in [5.41, 5.74) is 11.5. The highest BCUT2D eigenvalue weighted by Gasteiger charge is 2.38. The number of nitrogens with two attached hydrogens (primary N) is 1. The van der Waals surface area contributed by atoms with Gasteiger partial charge >= 0.3 is 11.4 Å². The number of nitrogens with zero attached hydrogens (tertiary/aromatic N) is 7. The number of aromatic nitrogens is 7. The molecule has 2 unspecified atom stereocenters. The SMILES string of the molecule is CC1CC1c1noc(=O)[nH]1.C[C@H]1C(C(=Nc2ccc(F)c(C3CC3)c2)n2ccn(-c3ccc4c(cnn4C4CC4)c3F)c2=O)=C(N)CCN1C(=O)c1cc2cc(C3CCOCC3)ccc2[nH]1. The Morgan fingerprint density at radius 1 is 0.924 bits per heavy atom. The number of carbonyl (C=O) groups excluding carboxylic acids is 1. The number of carbonyl (C=O) groups is 1. The van der Waals surface area contributed by atoms with Crippen LogP contribution in [0.3, 0.4) is 0 Å². The van der Waals surface area contributed by atoms with E-state index in [1.165, 1.54) is 39.4 Å². The lowest BCUT2D eigenvalue weighted by molar-refractivity contribution is 0.0705. The van der Waals surface area contributed by atoms with Gasteiger partial charge in [0, 0.05) is 66.7 Å². The van der Waals surface area contributed by atoms with Crippen LogP contribution in [-0.4, -0.2) is 76.5 Å². The Morgan fingerprint density at radius 3 is 2.45 bits per heavy atom. The summed E-state index contributed by atoms with van der Waals surface area (Å²) >= 11 is 0. The van der Waals surface area contributed by atoms with Crippen molar-refractivity contribution in [2.24, 2.45) is 16.6 Å². The minimum absolute atomic E-state index is 0.0722. The largest absolute Gasteiger partial charge is 0.438 e. The molecule has 6 heterocycles. The van der Waals surface area contributed by atoms with Crippen LogP contribution < -0.4 is 17.2 Å². The number of nitrogens with one attached hydrogen (secondary N) is 2. The molecule has 0 spiro atoms. The van der Waals surface area contributed by atoms with Crippen LogP contribution in [0.2, 0.25) is 0 Å². The molecule has 4 aromatic heterocycles. The van der Waals surface area contributed by atoms with E-state index in [2.05, 4.69) is 43.8 Å². The molecule has 3 aromatic carbocycles. The summed E-state index contributed by atoms with van der Waals surface area (Å²) in [5, 5.41) is 9.30. The van der Waals surface area contributed by atoms with Gasteiger partial charge in [-0.25, -0.2) is 23.4 Å². The summed E-state index contributed by atoms with van der Waals surface area (Å²) in [6, 6.07) is 15.9. The summed E-state index contributed by atoms with van der Waals surface area (Å²) in [6.07, 6.45) is 11.7. The lowest BCUT2D eigenvalue weighted by Gasteiger charge is -2.36. The highest BCUT2D eigenvalue weighted by atomic mass is 19.1. The highest BCUT2D eigenvalue weighted by molar-refractivity contribution is 6.05. The molecule has 12 rings (SSSR count). The van der Waals surface area contributed by atoms with Crippen molar-refractivity contribution >= 4 is 39.2 Å². The third-order valence-corrected chi connectivity index (χ3v) is 13.9. The van der Waals surface area contributed by atoms with E-state index in [1.807, 2.05) is 23.7 Å². The fraction of sp³-hybridized carbons (Fsp3) is 0.388. The Labute approximate surface area is 376 Å². The topological polar surface area (TPSA) is 187 Å². The number of amides is 1. The molecule has 3 aliphatic carbocycles. The summed E-state index contributed by atoms with van der Waals surface area (Å²) in [5.74, 6) is 1.00. The van der Waals surface area contributed by atoms with Gasteiger partial charge in [-0.3, -0.25) is 28.1 Å². The minimum atomic E-state index is -0.612. The lowest BCUT2D eigenvalue weighted by Crippen LogP contribution is -2.48. The zero-order chi connectivity index (χ0) is 45.4. The average Bonchev–Trinajstić information content (AvgIpc) is 4.29. The number of ether oxygens (including phenoxy) is 1. The molecule has 4 N–H and O–H groups in total. The van der Waals surface area contributed by atoms with Gasteiger partial charge in [0.15, 0.2) is 11.6 Å². The monoisotopic (exact) mass is 896 g/mol. The van der Waals surface area contributed by atoms with Crippen molar-refractivity contribution in [1.29, 1.82) is 0 Å². The molecular formula is C49H50F2N10O5. The molecule has 1 amide bonds. The summed E-state index contributed by atoms with van der Waals surface area (Å²) in [4.78, 5) is 51.8. The van der Waals surface area contributed by atoms with Crippen LogP contribution in [0, 0.1) is 17.6 Å². The van der Waals surface area contributed by atoms with Crippen LogP contribution in [0.15, 0.2) is 104 Å². The number of aliphatic imine (C=N–C) groups is 1. The summed E-state index contributed by atoms with van der Waals surface area (Å²) in [7, 11) is 0. The van der Waals surface area contributed by atoms with Gasteiger partial charge in [0.25, 0.3) is 5.91 Å². The number of hydrogen-bond donors (Lipinski definition) is 3. The number of rotatable bonds is 8. The number of halogens is 2. The fourth-order valence-corrected chi connectivity index (χ4v) is 9.68. The molecule has 66 heavy (non-hydrogen) atoms. The van der Waals surface area contributed by atoms with Crippen molar-refractivity contribution < 1.29 is 22.8 Å². The first-order valence-corrected chi connectivity index (χ1v) is 22.9. The Hall–Kier alpha value is -6.88. The average molecular weight is 897 g/mol. The Balaban J connectivity index is 0.000000424. The van der Waals surface area contributed by atoms with Gasteiger partial charge in [0.1, 0.15) is 17.3 Å². The first-order valence-electron chi connectivity index (χ1n) is 22.9. The molecule has 0 bridgehead atoms. The standard InChI is InChI=1S/C43H42F2N8O3.C6H8N2O2/c1-24-39(34(46)12-15-50(24)42(54)36-21-28-20-27(4-9-35(28)49-36)25-13-18-56-19-14-25)41(48-29-5-8-33(44)31(22-29)26-2-3-26)52-17-16-51(43(52)55)38-11-10-37-32(40(38)45)23-47-53(37)30-6-7-30;1-3-2-4(3)5-7-6(9)10-8-5/h4-5,8-11,16-17,20-26,30,49H,2-3,6-7,12-15,18-19,46H2,1H3;3-4H,2H2,1H3,(H,7,8,9)/t24-;/m0./s1. The van der Waals surface area contributed by atoms with Gasteiger partial charge in [0.05, 0.1) is 40.6 Å². The minimum Gasteiger partial charge on any atom is -0.402 e.